The average Bonchev–Trinajstić information content (AvgIpc) is 3.36. The highest BCUT2D eigenvalue weighted by molar-refractivity contribution is 7.89. The van der Waals surface area contributed by atoms with Gasteiger partial charge in [0.05, 0.1) is 33.6 Å². The van der Waals surface area contributed by atoms with E-state index in [0.29, 0.717) is 18.7 Å². The number of hydrogen-bond acceptors (Lipinski definition) is 7. The first-order valence-corrected chi connectivity index (χ1v) is 12.4. The summed E-state index contributed by atoms with van der Waals surface area (Å²) in [6.07, 6.45) is 0.664. The predicted octanol–water partition coefficient (Wildman–Crippen LogP) is 3.21. The minimum atomic E-state index is -3.80. The Morgan fingerprint density at radius 2 is 1.93 bits per heavy atom. The van der Waals surface area contributed by atoms with Crippen LogP contribution in [-0.2, 0) is 21.2 Å². The number of amides is 1. The monoisotopic (exact) mass is 465 g/mol. The van der Waals surface area contributed by atoms with Gasteiger partial charge in [0.15, 0.2) is 0 Å². The van der Waals surface area contributed by atoms with Crippen molar-refractivity contribution >= 4 is 38.6 Å². The molecule has 0 saturated carbocycles. The number of thiophene rings is 1. The molecule has 0 radical (unpaired) electrons. The minimum Gasteiger partial charge on any atom is -0.497 e. The molecule has 0 saturated heterocycles. The van der Waals surface area contributed by atoms with Crippen LogP contribution in [0.25, 0.3) is 10.6 Å². The summed E-state index contributed by atoms with van der Waals surface area (Å²) in [4.78, 5) is 19.1. The van der Waals surface area contributed by atoms with E-state index >= 15 is 0 Å². The standard InChI is InChI=1S/C20H23N3O4S3/c1-13(23-30(25,26)17-7-4-15(27-3)5-8-17)20(24)21-11-10-16-6-9-19(29-16)18-12-28-14(2)22-18/h4-9,12-13,23H,10-11H2,1-3H3,(H,21,24)/t13-/m1/s1. The SMILES string of the molecule is COc1ccc(S(=O)(=O)N[C@H](C)C(=O)NCCc2ccc(-c3csc(C)n3)s2)cc1. The zero-order valence-corrected chi connectivity index (χ0v) is 19.3. The highest BCUT2D eigenvalue weighted by atomic mass is 32.2. The maximum atomic E-state index is 12.4. The van der Waals surface area contributed by atoms with Gasteiger partial charge < -0.3 is 10.1 Å². The van der Waals surface area contributed by atoms with Crippen molar-refractivity contribution in [3.63, 3.8) is 0 Å². The van der Waals surface area contributed by atoms with Crippen molar-refractivity contribution in [3.05, 3.63) is 51.7 Å². The molecule has 30 heavy (non-hydrogen) atoms. The zero-order chi connectivity index (χ0) is 21.7. The van der Waals surface area contributed by atoms with Gasteiger partial charge in [0.1, 0.15) is 5.75 Å². The molecule has 2 aromatic heterocycles. The van der Waals surface area contributed by atoms with Crippen molar-refractivity contribution in [1.29, 1.82) is 0 Å². The van der Waals surface area contributed by atoms with E-state index < -0.39 is 16.1 Å². The lowest BCUT2D eigenvalue weighted by Crippen LogP contribution is -2.45. The van der Waals surface area contributed by atoms with Crippen LogP contribution in [0.15, 0.2) is 46.7 Å². The van der Waals surface area contributed by atoms with Crippen LogP contribution in [0.1, 0.15) is 16.8 Å². The smallest absolute Gasteiger partial charge is 0.241 e. The molecule has 0 aliphatic carbocycles. The van der Waals surface area contributed by atoms with Crippen molar-refractivity contribution in [2.24, 2.45) is 0 Å². The summed E-state index contributed by atoms with van der Waals surface area (Å²) in [5.41, 5.74) is 0.972. The van der Waals surface area contributed by atoms with Crippen molar-refractivity contribution < 1.29 is 17.9 Å². The van der Waals surface area contributed by atoms with Crippen LogP contribution in [0.4, 0.5) is 0 Å². The van der Waals surface area contributed by atoms with Gasteiger partial charge in [0.2, 0.25) is 15.9 Å². The van der Waals surface area contributed by atoms with Crippen molar-refractivity contribution in [3.8, 4) is 16.3 Å². The molecule has 0 aliphatic heterocycles. The van der Waals surface area contributed by atoms with Crippen LogP contribution >= 0.6 is 22.7 Å². The molecule has 1 aromatic carbocycles. The van der Waals surface area contributed by atoms with E-state index in [1.807, 2.05) is 24.4 Å². The summed E-state index contributed by atoms with van der Waals surface area (Å²) in [6, 6.07) is 9.14. The molecule has 1 atom stereocenters. The first kappa shape index (κ1) is 22.4. The van der Waals surface area contributed by atoms with Crippen LogP contribution in [0.5, 0.6) is 5.75 Å². The average molecular weight is 466 g/mol. The Morgan fingerprint density at radius 1 is 1.20 bits per heavy atom. The van der Waals surface area contributed by atoms with E-state index in [-0.39, 0.29) is 10.8 Å². The van der Waals surface area contributed by atoms with Gasteiger partial charge >= 0.3 is 0 Å². The second kappa shape index (κ2) is 9.69. The number of sulfonamides is 1. The van der Waals surface area contributed by atoms with E-state index in [9.17, 15) is 13.2 Å². The number of aromatic nitrogens is 1. The number of aryl methyl sites for hydroxylation is 1. The molecule has 3 rings (SSSR count). The van der Waals surface area contributed by atoms with Crippen LogP contribution in [-0.4, -0.2) is 39.0 Å². The Labute approximate surface area is 184 Å². The summed E-state index contributed by atoms with van der Waals surface area (Å²) in [6.45, 7) is 3.91. The number of thiazole rings is 1. The van der Waals surface area contributed by atoms with Gasteiger partial charge in [-0.3, -0.25) is 4.79 Å². The number of benzene rings is 1. The summed E-state index contributed by atoms with van der Waals surface area (Å²) in [5.74, 6) is 0.181. The molecule has 0 unspecified atom stereocenters. The minimum absolute atomic E-state index is 0.0753. The van der Waals surface area contributed by atoms with Gasteiger partial charge in [0.25, 0.3) is 0 Å². The molecule has 0 bridgehead atoms. The molecule has 3 aromatic rings. The van der Waals surface area contributed by atoms with Crippen LogP contribution < -0.4 is 14.8 Å². The number of nitrogens with one attached hydrogen (secondary N) is 2. The quantitative estimate of drug-likeness (QED) is 0.506. The van der Waals surface area contributed by atoms with E-state index in [1.54, 1.807) is 34.8 Å². The third-order valence-corrected chi connectivity index (χ3v) is 7.80. The molecule has 7 nitrogen and oxygen atoms in total. The zero-order valence-electron chi connectivity index (χ0n) is 16.8. The molecule has 0 fully saturated rings. The lowest BCUT2D eigenvalue weighted by molar-refractivity contribution is -0.122. The number of methoxy groups -OCH3 is 1. The Balaban J connectivity index is 1.50. The lowest BCUT2D eigenvalue weighted by atomic mass is 10.3. The van der Waals surface area contributed by atoms with Gasteiger partial charge in [0, 0.05) is 16.8 Å². The predicted molar refractivity (Wildman–Crippen MR) is 120 cm³/mol. The van der Waals surface area contributed by atoms with Crippen LogP contribution in [0.3, 0.4) is 0 Å². The fourth-order valence-corrected chi connectivity index (χ4v) is 5.56. The topological polar surface area (TPSA) is 97.4 Å². The summed E-state index contributed by atoms with van der Waals surface area (Å²) < 4.78 is 32.3. The fourth-order valence-electron chi connectivity index (χ4n) is 2.70. The third kappa shape index (κ3) is 5.66. The van der Waals surface area contributed by atoms with Gasteiger partial charge in [-0.1, -0.05) is 0 Å². The molecule has 0 aliphatic rings. The maximum Gasteiger partial charge on any atom is 0.241 e. The normalized spacial score (nSPS) is 12.5. The Kier molecular flexibility index (Phi) is 7.24. The van der Waals surface area contributed by atoms with Crippen LogP contribution in [0.2, 0.25) is 0 Å². The van der Waals surface area contributed by atoms with E-state index in [2.05, 4.69) is 15.0 Å². The fraction of sp³-hybridized carbons (Fsp3) is 0.300. The van der Waals surface area contributed by atoms with Crippen LogP contribution in [0, 0.1) is 6.92 Å². The van der Waals surface area contributed by atoms with Gasteiger partial charge in [-0.05, 0) is 56.7 Å². The number of rotatable bonds is 9. The highest BCUT2D eigenvalue weighted by Crippen LogP contribution is 2.29. The summed E-state index contributed by atoms with van der Waals surface area (Å²) >= 11 is 3.26. The van der Waals surface area contributed by atoms with E-state index in [0.717, 1.165) is 20.5 Å². The molecule has 160 valence electrons. The van der Waals surface area contributed by atoms with Crippen molar-refractivity contribution in [2.45, 2.75) is 31.2 Å². The first-order chi connectivity index (χ1) is 14.3. The first-order valence-electron chi connectivity index (χ1n) is 9.24. The van der Waals surface area contributed by atoms with Gasteiger partial charge in [-0.25, -0.2) is 13.4 Å². The third-order valence-electron chi connectivity index (χ3n) is 4.30. The number of ether oxygens (including phenoxy) is 1. The number of nitrogens with zero attached hydrogens (tertiary/aromatic N) is 1. The highest BCUT2D eigenvalue weighted by Gasteiger charge is 2.22. The van der Waals surface area contributed by atoms with Crippen molar-refractivity contribution in [1.82, 2.24) is 15.0 Å². The maximum absolute atomic E-state index is 12.4. The van der Waals surface area contributed by atoms with Crippen molar-refractivity contribution in [2.75, 3.05) is 13.7 Å². The lowest BCUT2D eigenvalue weighted by Gasteiger charge is -2.14. The summed E-state index contributed by atoms with van der Waals surface area (Å²) in [7, 11) is -2.30. The Morgan fingerprint density at radius 3 is 2.57 bits per heavy atom. The molecular weight excluding hydrogens is 442 g/mol. The second-order valence-electron chi connectivity index (χ2n) is 6.58. The largest absolute Gasteiger partial charge is 0.497 e. The molecular formula is C20H23N3O4S3. The van der Waals surface area contributed by atoms with E-state index in [4.69, 9.17) is 4.74 Å². The molecule has 10 heteroatoms. The Bertz CT molecular complexity index is 1100. The second-order valence-corrected chi connectivity index (χ2v) is 10.5. The van der Waals surface area contributed by atoms with Gasteiger partial charge in [-0.15, -0.1) is 22.7 Å². The summed E-state index contributed by atoms with van der Waals surface area (Å²) in [5, 5.41) is 5.84. The number of hydrogen-bond donors (Lipinski definition) is 2. The van der Waals surface area contributed by atoms with Gasteiger partial charge in [-0.2, -0.15) is 4.72 Å². The Hall–Kier alpha value is -2.27. The van der Waals surface area contributed by atoms with E-state index in [1.165, 1.54) is 26.2 Å². The molecule has 1 amide bonds. The molecule has 2 heterocycles. The molecule has 0 spiro atoms. The number of carbonyl (C=O) groups is 1. The molecule has 2 N–H and O–H groups in total. The number of carbonyl (C=O) groups excluding carboxylic acids is 1.